The lowest BCUT2D eigenvalue weighted by molar-refractivity contribution is 0.0945. The smallest absolute Gasteiger partial charge is 0.251 e. The van der Waals surface area contributed by atoms with Crippen LogP contribution in [0, 0.1) is 12.8 Å². The second kappa shape index (κ2) is 5.32. The van der Waals surface area contributed by atoms with Gasteiger partial charge < -0.3 is 10.4 Å². The Morgan fingerprint density at radius 2 is 2.06 bits per heavy atom. The molecule has 0 radical (unpaired) electrons. The van der Waals surface area contributed by atoms with Crippen LogP contribution in [0.2, 0.25) is 0 Å². The molecule has 92 valence electrons. The molecule has 1 saturated carbocycles. The minimum Gasteiger partial charge on any atom is -0.393 e. The predicted molar refractivity (Wildman–Crippen MR) is 66.9 cm³/mol. The molecule has 2 N–H and O–H groups in total. The van der Waals surface area contributed by atoms with E-state index in [0.717, 1.165) is 24.8 Å². The van der Waals surface area contributed by atoms with Crippen molar-refractivity contribution in [1.29, 1.82) is 0 Å². The molecule has 1 fully saturated rings. The van der Waals surface area contributed by atoms with Crippen LogP contribution in [0.3, 0.4) is 0 Å². The quantitative estimate of drug-likeness (QED) is 0.837. The van der Waals surface area contributed by atoms with Crippen molar-refractivity contribution in [2.75, 3.05) is 6.54 Å². The third-order valence-corrected chi connectivity index (χ3v) is 3.38. The third-order valence-electron chi connectivity index (χ3n) is 3.38. The summed E-state index contributed by atoms with van der Waals surface area (Å²) in [5.41, 5.74) is 1.86. The van der Waals surface area contributed by atoms with Crippen molar-refractivity contribution in [3.05, 3.63) is 35.4 Å². The number of amides is 1. The highest BCUT2D eigenvalue weighted by atomic mass is 16.3. The van der Waals surface area contributed by atoms with Crippen molar-refractivity contribution in [1.82, 2.24) is 5.32 Å². The Morgan fingerprint density at radius 3 is 2.65 bits per heavy atom. The lowest BCUT2D eigenvalue weighted by atomic mass is 10.1. The van der Waals surface area contributed by atoms with Crippen LogP contribution in [0.25, 0.3) is 0 Å². The summed E-state index contributed by atoms with van der Waals surface area (Å²) < 4.78 is 0. The van der Waals surface area contributed by atoms with E-state index in [1.54, 1.807) is 0 Å². The average molecular weight is 233 g/mol. The van der Waals surface area contributed by atoms with Crippen LogP contribution in [-0.4, -0.2) is 23.7 Å². The van der Waals surface area contributed by atoms with E-state index in [1.807, 2.05) is 31.2 Å². The molecular weight excluding hydrogens is 214 g/mol. The molecule has 3 nitrogen and oxygen atoms in total. The SMILES string of the molecule is Cc1ccc(C(=O)NCC2CCC(O)C2)cc1. The number of carbonyl (C=O) groups excluding carboxylic acids is 1. The average Bonchev–Trinajstić information content (AvgIpc) is 2.73. The van der Waals surface area contributed by atoms with Crippen molar-refractivity contribution in [3.63, 3.8) is 0 Å². The van der Waals surface area contributed by atoms with Crippen molar-refractivity contribution < 1.29 is 9.90 Å². The van der Waals surface area contributed by atoms with E-state index >= 15 is 0 Å². The Kier molecular flexibility index (Phi) is 3.79. The second-order valence-corrected chi connectivity index (χ2v) is 4.91. The van der Waals surface area contributed by atoms with Gasteiger partial charge in [-0.05, 0) is 44.2 Å². The molecule has 1 aromatic rings. The molecular formula is C14H19NO2. The summed E-state index contributed by atoms with van der Waals surface area (Å²) >= 11 is 0. The van der Waals surface area contributed by atoms with Gasteiger partial charge in [-0.3, -0.25) is 4.79 Å². The van der Waals surface area contributed by atoms with Crippen LogP contribution in [0.1, 0.15) is 35.2 Å². The topological polar surface area (TPSA) is 49.3 Å². The van der Waals surface area contributed by atoms with Gasteiger partial charge in [0.1, 0.15) is 0 Å². The number of rotatable bonds is 3. The minimum atomic E-state index is -0.170. The molecule has 0 aliphatic heterocycles. The lowest BCUT2D eigenvalue weighted by Gasteiger charge is -2.10. The standard InChI is InChI=1S/C14H19NO2/c1-10-2-5-12(6-3-10)14(17)15-9-11-4-7-13(16)8-11/h2-3,5-6,11,13,16H,4,7-9H2,1H3,(H,15,17). The van der Waals surface area contributed by atoms with Crippen LogP contribution >= 0.6 is 0 Å². The van der Waals surface area contributed by atoms with Crippen molar-refractivity contribution >= 4 is 5.91 Å². The summed E-state index contributed by atoms with van der Waals surface area (Å²) in [4.78, 5) is 11.8. The van der Waals surface area contributed by atoms with Gasteiger partial charge in [0.15, 0.2) is 0 Å². The molecule has 0 aromatic heterocycles. The molecule has 1 aliphatic rings. The molecule has 1 amide bonds. The Labute approximate surface area is 102 Å². The highest BCUT2D eigenvalue weighted by Gasteiger charge is 2.22. The minimum absolute atomic E-state index is 0.0219. The zero-order valence-electron chi connectivity index (χ0n) is 10.1. The van der Waals surface area contributed by atoms with Gasteiger partial charge in [0.25, 0.3) is 5.91 Å². The number of hydrogen-bond donors (Lipinski definition) is 2. The first-order valence-electron chi connectivity index (χ1n) is 6.18. The highest BCUT2D eigenvalue weighted by Crippen LogP contribution is 2.24. The summed E-state index contributed by atoms with van der Waals surface area (Å²) in [5, 5.41) is 12.3. The number of aliphatic hydroxyl groups excluding tert-OH is 1. The number of carbonyl (C=O) groups is 1. The Bertz CT molecular complexity index is 386. The first-order valence-corrected chi connectivity index (χ1v) is 6.18. The van der Waals surface area contributed by atoms with Crippen LogP contribution in [0.15, 0.2) is 24.3 Å². The van der Waals surface area contributed by atoms with Crippen LogP contribution in [0.5, 0.6) is 0 Å². The van der Waals surface area contributed by atoms with Gasteiger partial charge in [-0.2, -0.15) is 0 Å². The molecule has 0 saturated heterocycles. The molecule has 2 rings (SSSR count). The van der Waals surface area contributed by atoms with E-state index in [2.05, 4.69) is 5.32 Å². The monoisotopic (exact) mass is 233 g/mol. The van der Waals surface area contributed by atoms with Crippen LogP contribution < -0.4 is 5.32 Å². The van der Waals surface area contributed by atoms with Gasteiger partial charge in [-0.25, -0.2) is 0 Å². The number of aliphatic hydroxyl groups is 1. The van der Waals surface area contributed by atoms with E-state index in [0.29, 0.717) is 18.0 Å². The Hall–Kier alpha value is -1.35. The van der Waals surface area contributed by atoms with E-state index in [-0.39, 0.29) is 12.0 Å². The van der Waals surface area contributed by atoms with Gasteiger partial charge in [0.2, 0.25) is 0 Å². The summed E-state index contributed by atoms with van der Waals surface area (Å²) in [6.07, 6.45) is 2.52. The van der Waals surface area contributed by atoms with Gasteiger partial charge in [0.05, 0.1) is 6.10 Å². The van der Waals surface area contributed by atoms with Crippen molar-refractivity contribution in [2.45, 2.75) is 32.3 Å². The molecule has 0 heterocycles. The van der Waals surface area contributed by atoms with E-state index < -0.39 is 0 Å². The summed E-state index contributed by atoms with van der Waals surface area (Å²) in [6.45, 7) is 2.67. The molecule has 2 unspecified atom stereocenters. The van der Waals surface area contributed by atoms with Gasteiger partial charge >= 0.3 is 0 Å². The van der Waals surface area contributed by atoms with Gasteiger partial charge in [-0.1, -0.05) is 17.7 Å². The highest BCUT2D eigenvalue weighted by molar-refractivity contribution is 5.94. The Morgan fingerprint density at radius 1 is 1.35 bits per heavy atom. The molecule has 1 aliphatic carbocycles. The summed E-state index contributed by atoms with van der Waals surface area (Å²) in [7, 11) is 0. The fraction of sp³-hybridized carbons (Fsp3) is 0.500. The summed E-state index contributed by atoms with van der Waals surface area (Å²) in [6, 6.07) is 7.56. The fourth-order valence-corrected chi connectivity index (χ4v) is 2.28. The predicted octanol–water partition coefficient (Wildman–Crippen LogP) is 1.89. The number of hydrogen-bond acceptors (Lipinski definition) is 2. The van der Waals surface area contributed by atoms with Crippen molar-refractivity contribution in [2.24, 2.45) is 5.92 Å². The first-order chi connectivity index (χ1) is 8.15. The molecule has 0 spiro atoms. The largest absolute Gasteiger partial charge is 0.393 e. The van der Waals surface area contributed by atoms with E-state index in [4.69, 9.17) is 0 Å². The van der Waals surface area contributed by atoms with Crippen molar-refractivity contribution in [3.8, 4) is 0 Å². The zero-order valence-corrected chi connectivity index (χ0v) is 10.1. The zero-order chi connectivity index (χ0) is 12.3. The number of benzene rings is 1. The Balaban J connectivity index is 1.83. The maximum atomic E-state index is 11.8. The van der Waals surface area contributed by atoms with E-state index in [1.165, 1.54) is 0 Å². The number of aryl methyl sites for hydroxylation is 1. The normalized spacial score (nSPS) is 23.6. The molecule has 3 heteroatoms. The number of nitrogens with one attached hydrogen (secondary N) is 1. The summed E-state index contributed by atoms with van der Waals surface area (Å²) in [5.74, 6) is 0.408. The van der Waals surface area contributed by atoms with Crippen LogP contribution in [-0.2, 0) is 0 Å². The second-order valence-electron chi connectivity index (χ2n) is 4.91. The fourth-order valence-electron chi connectivity index (χ4n) is 2.28. The molecule has 0 bridgehead atoms. The maximum absolute atomic E-state index is 11.8. The maximum Gasteiger partial charge on any atom is 0.251 e. The lowest BCUT2D eigenvalue weighted by Crippen LogP contribution is -2.28. The third kappa shape index (κ3) is 3.30. The van der Waals surface area contributed by atoms with E-state index in [9.17, 15) is 9.90 Å². The molecule has 2 atom stereocenters. The van der Waals surface area contributed by atoms with Gasteiger partial charge in [-0.15, -0.1) is 0 Å². The first kappa shape index (κ1) is 12.1. The van der Waals surface area contributed by atoms with Gasteiger partial charge in [0, 0.05) is 12.1 Å². The molecule has 17 heavy (non-hydrogen) atoms. The van der Waals surface area contributed by atoms with Crippen LogP contribution in [0.4, 0.5) is 0 Å². The molecule has 1 aromatic carbocycles.